The van der Waals surface area contributed by atoms with Crippen molar-refractivity contribution in [1.29, 1.82) is 0 Å². The van der Waals surface area contributed by atoms with Gasteiger partial charge < -0.3 is 10.3 Å². The molecule has 0 spiro atoms. The molecule has 1 unspecified atom stereocenters. The molecule has 0 saturated carbocycles. The lowest BCUT2D eigenvalue weighted by Crippen LogP contribution is -2.20. The fourth-order valence-electron chi connectivity index (χ4n) is 2.08. The highest BCUT2D eigenvalue weighted by molar-refractivity contribution is 5.85. The third-order valence-corrected chi connectivity index (χ3v) is 2.97. The fraction of sp³-hybridized carbons (Fsp3) is 0.308. The SMILES string of the molecule is CCNC(C)c1c[nH]c(=O)c2c(F)c(F)ccc12. The number of halogens is 2. The summed E-state index contributed by atoms with van der Waals surface area (Å²) >= 11 is 0. The smallest absolute Gasteiger partial charge is 0.258 e. The van der Waals surface area contributed by atoms with Gasteiger partial charge >= 0.3 is 0 Å². The highest BCUT2D eigenvalue weighted by Gasteiger charge is 2.16. The molecule has 2 N–H and O–H groups in total. The lowest BCUT2D eigenvalue weighted by Gasteiger charge is -2.15. The summed E-state index contributed by atoms with van der Waals surface area (Å²) in [6.45, 7) is 4.59. The molecule has 0 aliphatic carbocycles. The number of aromatic nitrogens is 1. The third kappa shape index (κ3) is 2.01. The molecule has 0 amide bonds. The molecule has 5 heteroatoms. The van der Waals surface area contributed by atoms with Gasteiger partial charge in [-0.05, 0) is 30.5 Å². The zero-order valence-corrected chi connectivity index (χ0v) is 10.2. The second-order valence-electron chi connectivity index (χ2n) is 4.14. The number of nitrogens with one attached hydrogen (secondary N) is 2. The van der Waals surface area contributed by atoms with Gasteiger partial charge in [-0.15, -0.1) is 0 Å². The van der Waals surface area contributed by atoms with Gasteiger partial charge in [0.1, 0.15) is 0 Å². The van der Waals surface area contributed by atoms with Gasteiger partial charge in [-0.25, -0.2) is 8.78 Å². The number of rotatable bonds is 3. The Bertz CT molecular complexity index is 637. The summed E-state index contributed by atoms with van der Waals surface area (Å²) < 4.78 is 26.8. The van der Waals surface area contributed by atoms with Crippen molar-refractivity contribution in [2.75, 3.05) is 6.54 Å². The number of H-pyrrole nitrogens is 1. The van der Waals surface area contributed by atoms with E-state index in [9.17, 15) is 13.6 Å². The maximum Gasteiger partial charge on any atom is 0.258 e. The molecule has 0 bridgehead atoms. The highest BCUT2D eigenvalue weighted by Crippen LogP contribution is 2.24. The maximum atomic E-state index is 13.7. The van der Waals surface area contributed by atoms with Crippen molar-refractivity contribution >= 4 is 10.8 Å². The van der Waals surface area contributed by atoms with Crippen LogP contribution in [0.25, 0.3) is 10.8 Å². The van der Waals surface area contributed by atoms with E-state index in [-0.39, 0.29) is 11.4 Å². The van der Waals surface area contributed by atoms with Crippen LogP contribution in [0.5, 0.6) is 0 Å². The van der Waals surface area contributed by atoms with Crippen LogP contribution in [0, 0.1) is 11.6 Å². The van der Waals surface area contributed by atoms with Crippen LogP contribution in [0.3, 0.4) is 0 Å². The van der Waals surface area contributed by atoms with Crippen LogP contribution < -0.4 is 10.9 Å². The summed E-state index contributed by atoms with van der Waals surface area (Å²) in [5.74, 6) is -2.11. The minimum absolute atomic E-state index is 0.0563. The zero-order chi connectivity index (χ0) is 13.3. The number of hydrogen-bond acceptors (Lipinski definition) is 2. The largest absolute Gasteiger partial charge is 0.328 e. The van der Waals surface area contributed by atoms with Crippen molar-refractivity contribution < 1.29 is 8.78 Å². The molecular formula is C13H14F2N2O. The Morgan fingerprint density at radius 3 is 2.78 bits per heavy atom. The molecule has 1 aromatic heterocycles. The van der Waals surface area contributed by atoms with E-state index in [0.717, 1.165) is 18.2 Å². The second kappa shape index (κ2) is 4.86. The number of benzene rings is 1. The Balaban J connectivity index is 2.75. The highest BCUT2D eigenvalue weighted by atomic mass is 19.2. The monoisotopic (exact) mass is 252 g/mol. The number of aromatic amines is 1. The molecule has 18 heavy (non-hydrogen) atoms. The summed E-state index contributed by atoms with van der Waals surface area (Å²) in [7, 11) is 0. The summed E-state index contributed by atoms with van der Waals surface area (Å²) in [6.07, 6.45) is 1.54. The molecule has 1 aromatic carbocycles. The van der Waals surface area contributed by atoms with Crippen LogP contribution in [0.2, 0.25) is 0 Å². The van der Waals surface area contributed by atoms with Gasteiger partial charge in [0.15, 0.2) is 11.6 Å². The van der Waals surface area contributed by atoms with Crippen LogP contribution in [-0.2, 0) is 0 Å². The van der Waals surface area contributed by atoms with Crippen LogP contribution in [-0.4, -0.2) is 11.5 Å². The van der Waals surface area contributed by atoms with E-state index in [1.54, 1.807) is 0 Å². The van der Waals surface area contributed by atoms with E-state index in [0.29, 0.717) is 5.39 Å². The third-order valence-electron chi connectivity index (χ3n) is 2.97. The maximum absolute atomic E-state index is 13.7. The average molecular weight is 252 g/mol. The van der Waals surface area contributed by atoms with Crippen molar-refractivity contribution in [3.63, 3.8) is 0 Å². The first-order valence-electron chi connectivity index (χ1n) is 5.79. The fourth-order valence-corrected chi connectivity index (χ4v) is 2.08. The van der Waals surface area contributed by atoms with E-state index >= 15 is 0 Å². The first-order chi connectivity index (χ1) is 8.56. The van der Waals surface area contributed by atoms with Crippen LogP contribution in [0.1, 0.15) is 25.5 Å². The predicted molar refractivity (Wildman–Crippen MR) is 66.6 cm³/mol. The van der Waals surface area contributed by atoms with Gasteiger partial charge in [-0.2, -0.15) is 0 Å². The number of fused-ring (bicyclic) bond motifs is 1. The summed E-state index contributed by atoms with van der Waals surface area (Å²) in [6, 6.07) is 2.42. The van der Waals surface area contributed by atoms with Gasteiger partial charge in [0.25, 0.3) is 5.56 Å². The zero-order valence-electron chi connectivity index (χ0n) is 10.2. The molecule has 0 fully saturated rings. The van der Waals surface area contributed by atoms with Crippen LogP contribution >= 0.6 is 0 Å². The lowest BCUT2D eigenvalue weighted by molar-refractivity contribution is 0.516. The van der Waals surface area contributed by atoms with Gasteiger partial charge in [-0.1, -0.05) is 13.0 Å². The quantitative estimate of drug-likeness (QED) is 0.881. The van der Waals surface area contributed by atoms with Crippen LogP contribution in [0.15, 0.2) is 23.1 Å². The van der Waals surface area contributed by atoms with Gasteiger partial charge in [0.2, 0.25) is 0 Å². The van der Waals surface area contributed by atoms with Crippen molar-refractivity contribution in [3.05, 3.63) is 45.9 Å². The van der Waals surface area contributed by atoms with Gasteiger partial charge in [0.05, 0.1) is 5.39 Å². The Hall–Kier alpha value is -1.75. The van der Waals surface area contributed by atoms with E-state index in [1.807, 2.05) is 13.8 Å². The molecule has 0 aliphatic rings. The van der Waals surface area contributed by atoms with E-state index in [4.69, 9.17) is 0 Å². The van der Waals surface area contributed by atoms with Crippen molar-refractivity contribution in [1.82, 2.24) is 10.3 Å². The van der Waals surface area contributed by atoms with Crippen molar-refractivity contribution in [2.45, 2.75) is 19.9 Å². The average Bonchev–Trinajstić information content (AvgIpc) is 2.34. The molecule has 2 rings (SSSR count). The van der Waals surface area contributed by atoms with Crippen molar-refractivity contribution in [2.24, 2.45) is 0 Å². The molecule has 2 aromatic rings. The topological polar surface area (TPSA) is 44.9 Å². The minimum atomic E-state index is -1.10. The molecule has 96 valence electrons. The summed E-state index contributed by atoms with van der Waals surface area (Å²) in [5, 5.41) is 3.38. The van der Waals surface area contributed by atoms with Gasteiger partial charge in [0, 0.05) is 12.2 Å². The first kappa shape index (κ1) is 12.7. The first-order valence-corrected chi connectivity index (χ1v) is 5.79. The minimum Gasteiger partial charge on any atom is -0.328 e. The Morgan fingerprint density at radius 2 is 2.11 bits per heavy atom. The molecule has 3 nitrogen and oxygen atoms in total. The predicted octanol–water partition coefficient (Wildman–Crippen LogP) is 2.48. The second-order valence-corrected chi connectivity index (χ2v) is 4.14. The number of hydrogen-bond donors (Lipinski definition) is 2. The molecule has 0 aliphatic heterocycles. The van der Waals surface area contributed by atoms with Gasteiger partial charge in [-0.3, -0.25) is 4.79 Å². The van der Waals surface area contributed by atoms with E-state index < -0.39 is 17.2 Å². The number of pyridine rings is 1. The van der Waals surface area contributed by atoms with Crippen LogP contribution in [0.4, 0.5) is 8.78 Å². The Labute approximate surface area is 103 Å². The van der Waals surface area contributed by atoms with E-state index in [2.05, 4.69) is 10.3 Å². The van der Waals surface area contributed by atoms with Crippen molar-refractivity contribution in [3.8, 4) is 0 Å². The Morgan fingerprint density at radius 1 is 1.39 bits per heavy atom. The molecule has 1 atom stereocenters. The molecule has 0 saturated heterocycles. The molecule has 0 radical (unpaired) electrons. The molecule has 1 heterocycles. The summed E-state index contributed by atoms with van der Waals surface area (Å²) in [5.41, 5.74) is 0.125. The van der Waals surface area contributed by atoms with E-state index in [1.165, 1.54) is 12.3 Å². The lowest BCUT2D eigenvalue weighted by atomic mass is 10.0. The standard InChI is InChI=1S/C13H14F2N2O/c1-3-16-7(2)9-6-17-13(18)11-8(9)4-5-10(14)12(11)15/h4-7,16H,3H2,1-2H3,(H,17,18). The molecular weight excluding hydrogens is 238 g/mol. The normalized spacial score (nSPS) is 12.9. The Kier molecular flexibility index (Phi) is 3.43. The summed E-state index contributed by atoms with van der Waals surface area (Å²) in [4.78, 5) is 14.0.